The topological polar surface area (TPSA) is 37.8 Å². The molecule has 3 nitrogen and oxygen atoms in total. The van der Waals surface area contributed by atoms with E-state index in [1.165, 1.54) is 22.4 Å². The first kappa shape index (κ1) is 12.6. The van der Waals surface area contributed by atoms with E-state index in [2.05, 4.69) is 50.7 Å². The van der Waals surface area contributed by atoms with Gasteiger partial charge in [0.2, 0.25) is 0 Å². The molecule has 3 aromatic rings. The maximum absolute atomic E-state index is 4.93. The first-order chi connectivity index (χ1) is 10.9. The van der Waals surface area contributed by atoms with Gasteiger partial charge in [0.05, 0.1) is 45.3 Å². The molecule has 2 aliphatic carbocycles. The number of rotatable bonds is 1. The molecule has 0 fully saturated rings. The summed E-state index contributed by atoms with van der Waals surface area (Å²) in [6, 6.07) is 14.6. The van der Waals surface area contributed by atoms with E-state index in [9.17, 15) is 0 Å². The second-order valence-corrected chi connectivity index (χ2v) is 6.25. The maximum Gasteiger partial charge on any atom is 0.0934 e. The molecule has 0 amide bonds. The van der Waals surface area contributed by atoms with Crippen LogP contribution in [0.1, 0.15) is 29.2 Å². The van der Waals surface area contributed by atoms with E-state index >= 15 is 0 Å². The number of hydrogen-bond acceptors (Lipinski definition) is 3. The molecule has 22 heavy (non-hydrogen) atoms. The van der Waals surface area contributed by atoms with Gasteiger partial charge in [-0.1, -0.05) is 36.4 Å². The molecule has 1 aromatic heterocycles. The molecule has 0 saturated heterocycles. The Morgan fingerprint density at radius 1 is 0.955 bits per heavy atom. The van der Waals surface area contributed by atoms with Crippen LogP contribution in [0, 0.1) is 0 Å². The van der Waals surface area contributed by atoms with Gasteiger partial charge in [0.1, 0.15) is 0 Å². The lowest BCUT2D eigenvalue weighted by Crippen LogP contribution is -2.10. The molecule has 1 N–H and O–H groups in total. The lowest BCUT2D eigenvalue weighted by atomic mass is 9.86. The Morgan fingerprint density at radius 3 is 2.55 bits per heavy atom. The molecular weight excluding hydrogens is 385 g/mol. The molecule has 4 heteroatoms. The summed E-state index contributed by atoms with van der Waals surface area (Å²) in [4.78, 5) is 9.84. The summed E-state index contributed by atoms with van der Waals surface area (Å²) in [7, 11) is 0. The molecule has 2 aromatic carbocycles. The van der Waals surface area contributed by atoms with Crippen LogP contribution in [0.2, 0.25) is 0 Å². The first-order valence-electron chi connectivity index (χ1n) is 7.34. The van der Waals surface area contributed by atoms with Crippen molar-refractivity contribution >= 4 is 39.6 Å². The monoisotopic (exact) mass is 397 g/mol. The summed E-state index contributed by atoms with van der Waals surface area (Å²) >= 11 is 2.21. The van der Waals surface area contributed by atoms with Crippen molar-refractivity contribution in [3.8, 4) is 11.3 Å². The molecule has 2 aliphatic rings. The van der Waals surface area contributed by atoms with Gasteiger partial charge < -0.3 is 3.53 Å². The average Bonchev–Trinajstić information content (AvgIpc) is 2.89. The fourth-order valence-corrected chi connectivity index (χ4v) is 4.15. The van der Waals surface area contributed by atoms with Crippen molar-refractivity contribution in [1.29, 1.82) is 0 Å². The van der Waals surface area contributed by atoms with Crippen LogP contribution < -0.4 is 3.53 Å². The Balaban J connectivity index is 1.85. The normalized spacial score (nSPS) is 17.9. The largest absolute Gasteiger partial charge is 0.328 e. The standard InChI is InChI=1S/C18H12IN3/c19-22-13-9-8-12-16-10(13)4-3-5-11(16)17-18(12)21-15-7-2-1-6-14(15)20-17/h1-7,9,12,22H,8H2. The van der Waals surface area contributed by atoms with Crippen molar-refractivity contribution in [3.05, 3.63) is 65.4 Å². The van der Waals surface area contributed by atoms with Crippen LogP contribution in [0.3, 0.4) is 0 Å². The second-order valence-electron chi connectivity index (χ2n) is 5.71. The quantitative estimate of drug-likeness (QED) is 0.488. The lowest BCUT2D eigenvalue weighted by Gasteiger charge is -2.21. The molecule has 0 radical (unpaired) electrons. The van der Waals surface area contributed by atoms with E-state index in [1.807, 2.05) is 24.3 Å². The third-order valence-corrected chi connectivity index (χ3v) is 5.17. The number of aromatic nitrogens is 2. The first-order valence-corrected chi connectivity index (χ1v) is 8.42. The minimum atomic E-state index is 0.340. The smallest absolute Gasteiger partial charge is 0.0934 e. The summed E-state index contributed by atoms with van der Waals surface area (Å²) in [5, 5.41) is 0. The highest BCUT2D eigenvalue weighted by molar-refractivity contribution is 14.1. The number of nitrogens with one attached hydrogen (secondary N) is 1. The summed E-state index contributed by atoms with van der Waals surface area (Å²) < 4.78 is 3.29. The molecule has 5 rings (SSSR count). The Bertz CT molecular complexity index is 962. The van der Waals surface area contributed by atoms with Gasteiger partial charge in [-0.25, -0.2) is 9.97 Å². The molecule has 0 spiro atoms. The molecule has 1 heterocycles. The zero-order chi connectivity index (χ0) is 14.7. The SMILES string of the molecule is INC1=CCC2c3nc4ccccc4nc3-c3cccc1c32. The average molecular weight is 397 g/mol. The zero-order valence-electron chi connectivity index (χ0n) is 11.7. The van der Waals surface area contributed by atoms with Crippen molar-refractivity contribution in [2.45, 2.75) is 12.3 Å². The van der Waals surface area contributed by atoms with Gasteiger partial charge in [-0.2, -0.15) is 0 Å². The molecule has 1 atom stereocenters. The molecule has 0 bridgehead atoms. The number of allylic oxidation sites excluding steroid dienone is 1. The zero-order valence-corrected chi connectivity index (χ0v) is 13.8. The van der Waals surface area contributed by atoms with Gasteiger partial charge in [0.15, 0.2) is 0 Å². The lowest BCUT2D eigenvalue weighted by molar-refractivity contribution is 0.807. The maximum atomic E-state index is 4.93. The van der Waals surface area contributed by atoms with Crippen molar-refractivity contribution < 1.29 is 0 Å². The summed E-state index contributed by atoms with van der Waals surface area (Å²) in [6.07, 6.45) is 3.25. The highest BCUT2D eigenvalue weighted by Gasteiger charge is 2.35. The van der Waals surface area contributed by atoms with Crippen LogP contribution in [-0.2, 0) is 0 Å². The van der Waals surface area contributed by atoms with Crippen LogP contribution in [0.4, 0.5) is 0 Å². The van der Waals surface area contributed by atoms with Gasteiger partial charge in [0.25, 0.3) is 0 Å². The Hall–Kier alpha value is -1.95. The molecule has 0 aliphatic heterocycles. The summed E-state index contributed by atoms with van der Waals surface area (Å²) in [5.41, 5.74) is 9.25. The highest BCUT2D eigenvalue weighted by atomic mass is 127. The van der Waals surface area contributed by atoms with Gasteiger partial charge in [-0.3, -0.25) is 0 Å². The minimum Gasteiger partial charge on any atom is -0.328 e. The Morgan fingerprint density at radius 2 is 1.73 bits per heavy atom. The second kappa shape index (κ2) is 4.52. The Labute approximate surface area is 142 Å². The van der Waals surface area contributed by atoms with Gasteiger partial charge >= 0.3 is 0 Å². The molecular formula is C18H12IN3. The van der Waals surface area contributed by atoms with Crippen LogP contribution in [0.25, 0.3) is 28.0 Å². The molecule has 106 valence electrons. The van der Waals surface area contributed by atoms with Crippen molar-refractivity contribution in [3.63, 3.8) is 0 Å². The fourth-order valence-electron chi connectivity index (χ4n) is 3.64. The highest BCUT2D eigenvalue weighted by Crippen LogP contribution is 2.50. The molecule has 1 unspecified atom stereocenters. The van der Waals surface area contributed by atoms with Gasteiger partial charge in [-0.15, -0.1) is 0 Å². The van der Waals surface area contributed by atoms with Gasteiger partial charge in [-0.05, 0) is 24.1 Å². The van der Waals surface area contributed by atoms with E-state index < -0.39 is 0 Å². The minimum absolute atomic E-state index is 0.340. The fraction of sp³-hybridized carbons (Fsp3) is 0.111. The Kier molecular flexibility index (Phi) is 2.59. The number of nitrogens with zero attached hydrogens (tertiary/aromatic N) is 2. The van der Waals surface area contributed by atoms with E-state index in [4.69, 9.17) is 9.97 Å². The van der Waals surface area contributed by atoms with Crippen LogP contribution in [-0.4, -0.2) is 9.97 Å². The number of fused-ring (bicyclic) bond motifs is 4. The van der Waals surface area contributed by atoms with Crippen molar-refractivity contribution in [2.24, 2.45) is 0 Å². The number of halogens is 1. The van der Waals surface area contributed by atoms with E-state index in [0.717, 1.165) is 28.8 Å². The van der Waals surface area contributed by atoms with E-state index in [-0.39, 0.29) is 0 Å². The van der Waals surface area contributed by atoms with Crippen LogP contribution in [0.15, 0.2) is 48.5 Å². The van der Waals surface area contributed by atoms with E-state index in [1.54, 1.807) is 0 Å². The van der Waals surface area contributed by atoms with Crippen molar-refractivity contribution in [1.82, 2.24) is 13.5 Å². The number of hydrogen-bond donors (Lipinski definition) is 1. The third-order valence-electron chi connectivity index (χ3n) is 4.59. The van der Waals surface area contributed by atoms with Crippen LogP contribution >= 0.6 is 22.9 Å². The van der Waals surface area contributed by atoms with Crippen LogP contribution in [0.5, 0.6) is 0 Å². The molecule has 0 saturated carbocycles. The predicted octanol–water partition coefficient (Wildman–Crippen LogP) is 4.43. The van der Waals surface area contributed by atoms with E-state index in [0.29, 0.717) is 5.92 Å². The predicted molar refractivity (Wildman–Crippen MR) is 96.6 cm³/mol. The number of para-hydroxylation sites is 2. The summed E-state index contributed by atoms with van der Waals surface area (Å²) in [5.74, 6) is 0.340. The van der Waals surface area contributed by atoms with Gasteiger partial charge in [0, 0.05) is 22.7 Å². The summed E-state index contributed by atoms with van der Waals surface area (Å²) in [6.45, 7) is 0. The van der Waals surface area contributed by atoms with Crippen molar-refractivity contribution in [2.75, 3.05) is 0 Å². The third kappa shape index (κ3) is 1.56. The number of benzene rings is 2.